The molecule has 3 aromatic heterocycles. The average molecular weight is 509 g/mol. The molecule has 0 unspecified atom stereocenters. The molecule has 1 saturated heterocycles. The van der Waals surface area contributed by atoms with Gasteiger partial charge in [-0.3, -0.25) is 4.68 Å². The van der Waals surface area contributed by atoms with Gasteiger partial charge < -0.3 is 21.5 Å². The van der Waals surface area contributed by atoms with Crippen molar-refractivity contribution >= 4 is 35.0 Å². The molecule has 3 aromatic rings. The highest BCUT2D eigenvalue weighted by atomic mass is 35.5. The van der Waals surface area contributed by atoms with Crippen LogP contribution in [0.3, 0.4) is 0 Å². The van der Waals surface area contributed by atoms with E-state index in [9.17, 15) is 13.9 Å². The second-order valence-electron chi connectivity index (χ2n) is 8.49. The average Bonchev–Trinajstić information content (AvgIpc) is 3.38. The van der Waals surface area contributed by atoms with Crippen LogP contribution >= 0.6 is 23.4 Å². The van der Waals surface area contributed by atoms with Crippen LogP contribution in [-0.4, -0.2) is 42.9 Å². The van der Waals surface area contributed by atoms with E-state index in [2.05, 4.69) is 20.1 Å². The number of nitrogens with zero attached hydrogens (tertiary/aromatic N) is 6. The molecule has 0 radical (unpaired) electrons. The van der Waals surface area contributed by atoms with Crippen molar-refractivity contribution in [3.05, 3.63) is 46.6 Å². The maximum atomic E-state index is 14.0. The fourth-order valence-electron chi connectivity index (χ4n) is 4.74. The monoisotopic (exact) mass is 508 g/mol. The molecule has 5 N–H and O–H groups in total. The summed E-state index contributed by atoms with van der Waals surface area (Å²) in [6, 6.07) is 3.37. The summed E-state index contributed by atoms with van der Waals surface area (Å²) in [4.78, 5) is 14.8. The molecule has 0 aromatic carbocycles. The van der Waals surface area contributed by atoms with E-state index in [-0.39, 0.29) is 38.8 Å². The highest BCUT2D eigenvalue weighted by Crippen LogP contribution is 2.48. The van der Waals surface area contributed by atoms with Crippen LogP contribution in [0, 0.1) is 5.41 Å². The number of piperidine rings is 1. The molecule has 180 valence electrons. The van der Waals surface area contributed by atoms with Crippen LogP contribution in [0.5, 0.6) is 0 Å². The van der Waals surface area contributed by atoms with Gasteiger partial charge in [0, 0.05) is 42.3 Å². The number of halogens is 3. The lowest BCUT2D eigenvalue weighted by atomic mass is 9.73. The minimum Gasteiger partial charge on any atom is -0.390 e. The number of anilines is 2. The number of rotatable bonds is 5. The first-order chi connectivity index (χ1) is 16.3. The normalized spacial score (nSPS) is 19.2. The van der Waals surface area contributed by atoms with Crippen LogP contribution in [0.15, 0.2) is 34.4 Å². The maximum absolute atomic E-state index is 14.0. The summed E-state index contributed by atoms with van der Waals surface area (Å²) in [5.74, 6) is 0.355. The van der Waals surface area contributed by atoms with Crippen molar-refractivity contribution in [2.45, 2.75) is 48.4 Å². The molecule has 9 nitrogen and oxygen atoms in total. The van der Waals surface area contributed by atoms with E-state index in [1.807, 2.05) is 15.6 Å². The first-order valence-electron chi connectivity index (χ1n) is 10.7. The van der Waals surface area contributed by atoms with Crippen LogP contribution in [-0.2, 0) is 13.2 Å². The number of alkyl halides is 2. The molecule has 0 saturated carbocycles. The Morgan fingerprint density at radius 2 is 2.00 bits per heavy atom. The van der Waals surface area contributed by atoms with Crippen LogP contribution in [0.4, 0.5) is 20.4 Å². The molecule has 13 heteroatoms. The quantitative estimate of drug-likeness (QED) is 0.475. The van der Waals surface area contributed by atoms with Crippen LogP contribution in [0.25, 0.3) is 0 Å². The molecule has 0 bridgehead atoms. The lowest BCUT2D eigenvalue weighted by Gasteiger charge is -2.42. The van der Waals surface area contributed by atoms with Gasteiger partial charge in [0.1, 0.15) is 22.2 Å². The second kappa shape index (κ2) is 8.91. The van der Waals surface area contributed by atoms with Crippen LogP contribution in [0.2, 0.25) is 5.02 Å². The van der Waals surface area contributed by atoms with Crippen molar-refractivity contribution in [2.75, 3.05) is 23.7 Å². The van der Waals surface area contributed by atoms with Gasteiger partial charge in [-0.25, -0.2) is 23.7 Å². The molecule has 0 amide bonds. The zero-order valence-electron chi connectivity index (χ0n) is 18.0. The Bertz CT molecular complexity index is 1220. The minimum absolute atomic E-state index is 0.0352. The van der Waals surface area contributed by atoms with Crippen molar-refractivity contribution < 1.29 is 13.9 Å². The zero-order chi connectivity index (χ0) is 24.0. The minimum atomic E-state index is -2.86. The standard InChI is InChI=1S/C21H23ClF2N8OS/c22-14-13(2-5-27-18(14)26)34-20-15(17(23)24)30-19(11(9-33)29-20)31-7-3-21(4-8-31)10-32-12(16(21)25)1-6-28-32/h1-2,5-6,16-17,33H,3-4,7-10,25H2,(H2,26,27)/t16-/m1/s1. The summed E-state index contributed by atoms with van der Waals surface area (Å²) >= 11 is 7.10. The topological polar surface area (TPSA) is 132 Å². The summed E-state index contributed by atoms with van der Waals surface area (Å²) in [6.45, 7) is 1.41. The number of hydrogen-bond acceptors (Lipinski definition) is 9. The van der Waals surface area contributed by atoms with Gasteiger partial charge in [-0.2, -0.15) is 5.10 Å². The summed E-state index contributed by atoms with van der Waals surface area (Å²) < 4.78 is 30.0. The smallest absolute Gasteiger partial charge is 0.283 e. The number of aromatic nitrogens is 5. The molecular weight excluding hydrogens is 486 g/mol. The van der Waals surface area contributed by atoms with Gasteiger partial charge in [0.05, 0.1) is 23.4 Å². The molecule has 0 aliphatic carbocycles. The van der Waals surface area contributed by atoms with E-state index in [1.54, 1.807) is 12.3 Å². The van der Waals surface area contributed by atoms with E-state index >= 15 is 0 Å². The van der Waals surface area contributed by atoms with Crippen molar-refractivity contribution in [1.29, 1.82) is 0 Å². The lowest BCUT2D eigenvalue weighted by molar-refractivity contribution is 0.140. The number of aliphatic hydroxyl groups excluding tert-OH is 1. The number of hydrogen-bond donors (Lipinski definition) is 3. The first-order valence-corrected chi connectivity index (χ1v) is 11.9. The van der Waals surface area contributed by atoms with Crippen molar-refractivity contribution in [3.8, 4) is 0 Å². The van der Waals surface area contributed by atoms with Crippen molar-refractivity contribution in [2.24, 2.45) is 11.1 Å². The largest absolute Gasteiger partial charge is 0.390 e. The Kier molecular flexibility index (Phi) is 6.09. The van der Waals surface area contributed by atoms with E-state index in [4.69, 9.17) is 23.1 Å². The Labute approximate surface area is 203 Å². The summed E-state index contributed by atoms with van der Waals surface area (Å²) in [6.07, 6.45) is 1.81. The molecule has 2 aliphatic rings. The van der Waals surface area contributed by atoms with E-state index in [1.165, 1.54) is 6.20 Å². The van der Waals surface area contributed by atoms with Gasteiger partial charge in [0.2, 0.25) is 0 Å². The maximum Gasteiger partial charge on any atom is 0.283 e. The Morgan fingerprint density at radius 3 is 2.68 bits per heavy atom. The molecule has 1 spiro atoms. The molecule has 1 atom stereocenters. The third-order valence-electron chi connectivity index (χ3n) is 6.64. The van der Waals surface area contributed by atoms with Crippen LogP contribution < -0.4 is 16.4 Å². The zero-order valence-corrected chi connectivity index (χ0v) is 19.6. The molecule has 1 fully saturated rings. The first kappa shape index (κ1) is 23.2. The van der Waals surface area contributed by atoms with Gasteiger partial charge in [-0.15, -0.1) is 0 Å². The predicted molar refractivity (Wildman–Crippen MR) is 124 cm³/mol. The summed E-state index contributed by atoms with van der Waals surface area (Å²) in [5, 5.41) is 14.5. The molecule has 2 aliphatic heterocycles. The van der Waals surface area contributed by atoms with Gasteiger partial charge >= 0.3 is 0 Å². The number of pyridine rings is 1. The summed E-state index contributed by atoms with van der Waals surface area (Å²) in [7, 11) is 0. The lowest BCUT2D eigenvalue weighted by Crippen LogP contribution is -2.45. The highest BCUT2D eigenvalue weighted by molar-refractivity contribution is 7.99. The molecule has 5 rings (SSSR count). The Balaban J connectivity index is 1.42. The van der Waals surface area contributed by atoms with Crippen molar-refractivity contribution in [3.63, 3.8) is 0 Å². The second-order valence-corrected chi connectivity index (χ2v) is 9.90. The highest BCUT2D eigenvalue weighted by Gasteiger charge is 2.47. The van der Waals surface area contributed by atoms with E-state index in [0.29, 0.717) is 18.0 Å². The summed E-state index contributed by atoms with van der Waals surface area (Å²) in [5.41, 5.74) is 12.9. The fourth-order valence-corrected chi connectivity index (χ4v) is 5.89. The number of aliphatic hydroxyl groups is 1. The SMILES string of the molecule is Nc1nccc(Sc2nc(CO)c(N3CCC4(CC3)Cn3nccc3[C@H]4N)nc2C(F)F)c1Cl. The van der Waals surface area contributed by atoms with Gasteiger partial charge in [-0.05, 0) is 25.0 Å². The van der Waals surface area contributed by atoms with E-state index in [0.717, 1.165) is 36.8 Å². The van der Waals surface area contributed by atoms with Gasteiger partial charge in [0.25, 0.3) is 6.43 Å². The predicted octanol–water partition coefficient (Wildman–Crippen LogP) is 3.19. The van der Waals surface area contributed by atoms with Crippen molar-refractivity contribution in [1.82, 2.24) is 24.7 Å². The molecular formula is C21H23ClF2N8OS. The van der Waals surface area contributed by atoms with Gasteiger partial charge in [-0.1, -0.05) is 23.4 Å². The number of nitrogen functional groups attached to an aromatic ring is 1. The molecule has 5 heterocycles. The van der Waals surface area contributed by atoms with Crippen LogP contribution in [0.1, 0.15) is 42.4 Å². The Hall–Kier alpha value is -2.54. The molecule has 34 heavy (non-hydrogen) atoms. The fraction of sp³-hybridized carbons (Fsp3) is 0.429. The number of nitrogens with two attached hydrogens (primary N) is 2. The van der Waals surface area contributed by atoms with Gasteiger partial charge in [0.15, 0.2) is 5.82 Å². The third-order valence-corrected chi connectivity index (χ3v) is 8.20. The Morgan fingerprint density at radius 1 is 1.24 bits per heavy atom. The van der Waals surface area contributed by atoms with E-state index < -0.39 is 18.7 Å². The number of fused-ring (bicyclic) bond motifs is 1. The third kappa shape index (κ3) is 3.88.